The normalized spacial score (nSPS) is 35.0. The average molecular weight is 1570 g/mol. The van der Waals surface area contributed by atoms with E-state index < -0.39 is 253 Å². The molecule has 2 aromatic carbocycles. The molecule has 5 saturated heterocycles. The van der Waals surface area contributed by atoms with Crippen molar-refractivity contribution in [3.05, 3.63) is 103 Å². The molecule has 2 aromatic rings. The van der Waals surface area contributed by atoms with Crippen LogP contribution in [0.1, 0.15) is 50.5 Å². The summed E-state index contributed by atoms with van der Waals surface area (Å²) in [6.45, 7) is 5.10. The van der Waals surface area contributed by atoms with E-state index in [1.54, 1.807) is 31.2 Å². The Morgan fingerprint density at radius 3 is 1.47 bits per heavy atom. The summed E-state index contributed by atoms with van der Waals surface area (Å²) < 4.78 is 292. The number of benzene rings is 2. The maximum atomic E-state index is 14.2. The van der Waals surface area contributed by atoms with Crippen LogP contribution in [0.4, 0.5) is 0 Å². The van der Waals surface area contributed by atoms with E-state index in [0.717, 1.165) is 6.89 Å². The molecular formula is C47H65B4N9O34P2S5. The predicted octanol–water partition coefficient (Wildman–Crippen LogP) is 1.47. The first-order valence-electron chi connectivity index (χ1n) is 29.6. The van der Waals surface area contributed by atoms with Gasteiger partial charge in [-0.05, 0) is 17.7 Å². The molecule has 43 nitrogen and oxygen atoms in total. The summed E-state index contributed by atoms with van der Waals surface area (Å²) in [6, 6.07) is 9.74. The van der Waals surface area contributed by atoms with Crippen LogP contribution in [0.25, 0.3) is 31.3 Å². The first kappa shape index (κ1) is 83.8. The van der Waals surface area contributed by atoms with Gasteiger partial charge < -0.3 is 0 Å². The second-order valence-electron chi connectivity index (χ2n) is 22.7. The van der Waals surface area contributed by atoms with Gasteiger partial charge in [0.1, 0.15) is 12.2 Å². The van der Waals surface area contributed by atoms with E-state index in [2.05, 4.69) is 38.4 Å². The van der Waals surface area contributed by atoms with Gasteiger partial charge in [-0.25, -0.2) is 8.37 Å². The number of carbonyl (C=O) groups is 1. The van der Waals surface area contributed by atoms with Crippen molar-refractivity contribution in [2.75, 3.05) is 19.8 Å². The Balaban J connectivity index is 1.32. The molecule has 5 fully saturated rings. The molecular weight excluding hydrogens is 1500 g/mol. The first-order chi connectivity index (χ1) is 47.5. The predicted molar refractivity (Wildman–Crippen MR) is 342 cm³/mol. The van der Waals surface area contributed by atoms with Gasteiger partial charge in [0.05, 0.1) is 6.61 Å². The Bertz CT molecular complexity index is 3900. The van der Waals surface area contributed by atoms with Crippen LogP contribution in [0.3, 0.4) is 0 Å². The fourth-order valence-electron chi connectivity index (χ4n) is 11.8. The van der Waals surface area contributed by atoms with Crippen LogP contribution in [0.2, 0.25) is 0 Å². The van der Waals surface area contributed by atoms with Crippen molar-refractivity contribution < 1.29 is 152 Å². The number of esters is 1. The van der Waals surface area contributed by atoms with Gasteiger partial charge in [-0.15, -0.1) is 0 Å². The number of rotatable bonds is 35. The molecule has 0 bridgehead atoms. The summed E-state index contributed by atoms with van der Waals surface area (Å²) in [4.78, 5) is 22.7. The summed E-state index contributed by atoms with van der Waals surface area (Å²) >= 11 is 0. The van der Waals surface area contributed by atoms with Crippen LogP contribution in [0.15, 0.2) is 76.0 Å². The Kier molecular flexibility index (Phi) is 30.8. The summed E-state index contributed by atoms with van der Waals surface area (Å²) in [5, 5.41) is 11.3. The van der Waals surface area contributed by atoms with Crippen molar-refractivity contribution in [2.45, 2.75) is 181 Å². The molecule has 2 radical (unpaired) electrons. The SMILES string of the molecule is CC1O[C@@H](O[C@@H]2C(COS(=O)(=O)O)O[C@@H](O[C@@H]3C(C)O[C@@H](O[C@@H]4C(COS(=O)(=O)O)O[C@H](C)C(N=[N+]=[N-])[C@H]4P[B]B=O)C(OS(=O)(=O)O)[C@@H]3OCc3ccccc3)C(N=[N+]=[N-])[C@H]2OS(=O)(=O)O)C(OC(=O)c2ccccc2)[C@@H](C)[C@@H]1O[C@@H]1OC(COS(=O)(=O)O)[C@@H](C)[C@H](P[B]B=O)C1N=[N+]=[N-]. The van der Waals surface area contributed by atoms with Gasteiger partial charge in [0.15, 0.2) is 0 Å². The molecule has 12 unspecified atom stereocenters. The molecule has 554 valence electrons. The van der Waals surface area contributed by atoms with Gasteiger partial charge in [0.2, 0.25) is 0 Å². The summed E-state index contributed by atoms with van der Waals surface area (Å²) in [5.41, 5.74) is 27.8. The Labute approximate surface area is 583 Å². The molecule has 0 amide bonds. The van der Waals surface area contributed by atoms with Gasteiger partial charge >= 0.3 is 469 Å². The molecule has 27 atom stereocenters. The van der Waals surface area contributed by atoms with Crippen LogP contribution in [-0.2, 0) is 141 Å². The minimum atomic E-state index is -5.93. The number of ether oxygens (including phenoxy) is 11. The van der Waals surface area contributed by atoms with Crippen molar-refractivity contribution in [3.63, 3.8) is 0 Å². The summed E-state index contributed by atoms with van der Waals surface area (Å²) in [5.74, 6) is -3.22. The van der Waals surface area contributed by atoms with Crippen molar-refractivity contribution in [1.29, 1.82) is 0 Å². The summed E-state index contributed by atoms with van der Waals surface area (Å²) in [7, 11) is -28.0. The Hall–Kier alpha value is -4.49. The quantitative estimate of drug-likeness (QED) is 0.0124. The molecule has 5 aliphatic heterocycles. The van der Waals surface area contributed by atoms with Gasteiger partial charge in [0, 0.05) is 4.91 Å². The van der Waals surface area contributed by atoms with E-state index in [0.29, 0.717) is 19.6 Å². The minimum absolute atomic E-state index is 0.117. The maximum absolute atomic E-state index is 14.2. The standard InChI is InChI=1S/C47H65B4N9O34P2S5/c1-20-27(17-80-97(64,65)66)86-45(32(57-60-54)41(20)95-50-48-62)89-33-21(2)34(88-43(61)26-14-10-7-11-15-26)46(84-23(33)4)91-36-28(18-81-98(67,68)69)87-44(31(56-59-53)38(36)93-100(73,74)75)90-35-24(5)85-47(40(94-101(76,77)78)39(35)79-16-25-12-8-6-9-13-25)92-37-29(19-82-99(70,71)72)83-22(3)30(55-58-52)42(37)96-51-49-63/h6-15,20-24,27-42,44-47,95-96H,16-19H2,1-5H3,(H,64,65,66)(H,67,68,69)(H,70,71,72)(H,73,74,75)(H,76,77,78)/t20-,21+,22-,23?,24?,27?,28?,29?,30?,31?,32?,33+,34?,35-,36-,37-,38-,39-,40?,41+,42-,44+,45+,46+,47+/m1/s1. The van der Waals surface area contributed by atoms with Gasteiger partial charge in [-0.2, -0.15) is 16.8 Å². The van der Waals surface area contributed by atoms with E-state index in [1.807, 2.05) is 0 Å². The number of azide groups is 3. The Morgan fingerprint density at radius 1 is 0.475 bits per heavy atom. The number of hydrogen-bond acceptors (Lipinski definition) is 32. The molecule has 0 aliphatic carbocycles. The van der Waals surface area contributed by atoms with Gasteiger partial charge in [-0.1, -0.05) is 41.5 Å². The zero-order valence-electron chi connectivity index (χ0n) is 53.0. The van der Waals surface area contributed by atoms with Crippen LogP contribution < -0.4 is 0 Å². The third-order valence-electron chi connectivity index (χ3n) is 16.1. The fraction of sp³-hybridized carbons (Fsp3) is 0.723. The van der Waals surface area contributed by atoms with Crippen LogP contribution in [0.5, 0.6) is 0 Å². The number of hydrogen-bond donors (Lipinski definition) is 5. The molecule has 5 N–H and O–H groups in total. The van der Waals surface area contributed by atoms with E-state index in [-0.39, 0.29) is 5.56 Å². The second-order valence-corrected chi connectivity index (χ2v) is 30.7. The van der Waals surface area contributed by atoms with Gasteiger partial charge in [-0.3, -0.25) is 9.11 Å². The van der Waals surface area contributed by atoms with Gasteiger partial charge in [0.25, 0.3) is 0 Å². The van der Waals surface area contributed by atoms with Crippen LogP contribution in [-0.4, -0.2) is 259 Å². The molecule has 7 rings (SSSR count). The number of nitrogens with zero attached hydrogens (tertiary/aromatic N) is 9. The molecule has 0 spiro atoms. The monoisotopic (exact) mass is 1570 g/mol. The molecule has 0 saturated carbocycles. The van der Waals surface area contributed by atoms with Crippen LogP contribution >= 0.6 is 16.9 Å². The fourth-order valence-corrected chi connectivity index (χ4v) is 16.3. The van der Waals surface area contributed by atoms with E-state index >= 15 is 0 Å². The van der Waals surface area contributed by atoms with E-state index in [1.165, 1.54) is 71.0 Å². The second kappa shape index (κ2) is 37.2. The van der Waals surface area contributed by atoms with Crippen LogP contribution in [0, 0.1) is 11.8 Å². The van der Waals surface area contributed by atoms with Crippen molar-refractivity contribution in [3.8, 4) is 0 Å². The third-order valence-corrected chi connectivity index (χ3v) is 21.3. The van der Waals surface area contributed by atoms with Crippen molar-refractivity contribution >= 4 is 103 Å². The molecule has 5 heterocycles. The van der Waals surface area contributed by atoms with Crippen molar-refractivity contribution in [2.24, 2.45) is 27.2 Å². The topological polar surface area (TPSA) is 617 Å². The molecule has 101 heavy (non-hydrogen) atoms. The average Bonchev–Trinajstić information content (AvgIpc) is 0.764. The molecule has 5 aliphatic rings. The molecule has 54 heteroatoms. The summed E-state index contributed by atoms with van der Waals surface area (Å²) in [6.07, 6.45) is -34.7. The van der Waals surface area contributed by atoms with E-state index in [9.17, 15) is 95.7 Å². The Morgan fingerprint density at radius 2 is 0.921 bits per heavy atom. The third kappa shape index (κ3) is 24.3. The first-order valence-corrected chi connectivity index (χ1v) is 38.8. The number of carbonyl (C=O) groups excluding carboxylic acids is 1. The zero-order chi connectivity index (χ0) is 74.4. The zero-order valence-corrected chi connectivity index (χ0v) is 59.1. The molecule has 0 aromatic heterocycles. The van der Waals surface area contributed by atoms with Crippen molar-refractivity contribution in [1.82, 2.24) is 0 Å². The van der Waals surface area contributed by atoms with E-state index in [4.69, 9.17) is 64.7 Å².